The van der Waals surface area contributed by atoms with Gasteiger partial charge in [0.1, 0.15) is 0 Å². The zero-order chi connectivity index (χ0) is 15.5. The average Bonchev–Trinajstić information content (AvgIpc) is 2.42. The Hall–Kier alpha value is -0.160. The van der Waals surface area contributed by atoms with Crippen molar-refractivity contribution in [2.24, 2.45) is 23.0 Å². The predicted octanol–water partition coefficient (Wildman–Crippen LogP) is 1.39. The molecule has 3 unspecified atom stereocenters. The van der Waals surface area contributed by atoms with Crippen LogP contribution in [0.4, 0.5) is 0 Å². The summed E-state index contributed by atoms with van der Waals surface area (Å²) >= 11 is 0. The van der Waals surface area contributed by atoms with Crippen molar-refractivity contribution in [1.29, 1.82) is 0 Å². The number of β-amino-alcohol motifs (C(OH)–C–C–N with tert-alkyl or cyclic N) is 1. The van der Waals surface area contributed by atoms with E-state index >= 15 is 0 Å². The summed E-state index contributed by atoms with van der Waals surface area (Å²) in [6.45, 7) is 13.8. The fourth-order valence-electron chi connectivity index (χ4n) is 3.95. The minimum atomic E-state index is 0.279. The fourth-order valence-corrected chi connectivity index (χ4v) is 3.95. The van der Waals surface area contributed by atoms with E-state index in [-0.39, 0.29) is 6.61 Å². The number of nitrogens with zero attached hydrogens (tertiary/aromatic N) is 2. The first-order valence-electron chi connectivity index (χ1n) is 8.71. The molecule has 0 amide bonds. The van der Waals surface area contributed by atoms with Crippen molar-refractivity contribution in [3.05, 3.63) is 0 Å². The second-order valence-corrected chi connectivity index (χ2v) is 8.17. The van der Waals surface area contributed by atoms with Gasteiger partial charge >= 0.3 is 0 Å². The number of aliphatic hydroxyl groups excluding tert-OH is 1. The monoisotopic (exact) mass is 297 g/mol. The summed E-state index contributed by atoms with van der Waals surface area (Å²) in [5, 5.41) is 9.01. The summed E-state index contributed by atoms with van der Waals surface area (Å²) in [6.07, 6.45) is 3.78. The second-order valence-electron chi connectivity index (χ2n) is 8.17. The first-order chi connectivity index (χ1) is 9.90. The highest BCUT2D eigenvalue weighted by Gasteiger charge is 2.35. The molecule has 1 aliphatic heterocycles. The van der Waals surface area contributed by atoms with Gasteiger partial charge in [-0.15, -0.1) is 0 Å². The van der Waals surface area contributed by atoms with Crippen LogP contribution >= 0.6 is 0 Å². The number of aliphatic hydroxyl groups is 1. The van der Waals surface area contributed by atoms with Crippen LogP contribution in [0.1, 0.15) is 40.0 Å². The summed E-state index contributed by atoms with van der Waals surface area (Å²) in [6, 6.07) is 0.388. The molecule has 0 spiro atoms. The first-order valence-corrected chi connectivity index (χ1v) is 8.71. The van der Waals surface area contributed by atoms with Crippen LogP contribution in [-0.2, 0) is 0 Å². The SMILES string of the molecule is CC(C)(C)C1CCC(N)C(CN2CCN(CCO)CC2)C1. The van der Waals surface area contributed by atoms with Crippen LogP contribution in [0.2, 0.25) is 0 Å². The lowest BCUT2D eigenvalue weighted by molar-refractivity contribution is 0.0675. The van der Waals surface area contributed by atoms with Gasteiger partial charge in [-0.05, 0) is 36.5 Å². The molecule has 124 valence electrons. The molecule has 1 saturated heterocycles. The van der Waals surface area contributed by atoms with E-state index in [0.29, 0.717) is 17.4 Å². The van der Waals surface area contributed by atoms with E-state index in [0.717, 1.165) is 38.6 Å². The molecule has 4 heteroatoms. The van der Waals surface area contributed by atoms with Crippen LogP contribution in [0.3, 0.4) is 0 Å². The predicted molar refractivity (Wildman–Crippen MR) is 88.2 cm³/mol. The third-order valence-electron chi connectivity index (χ3n) is 5.64. The van der Waals surface area contributed by atoms with Crippen molar-refractivity contribution >= 4 is 0 Å². The van der Waals surface area contributed by atoms with Crippen molar-refractivity contribution in [3.63, 3.8) is 0 Å². The van der Waals surface area contributed by atoms with E-state index in [1.165, 1.54) is 25.8 Å². The van der Waals surface area contributed by atoms with E-state index in [2.05, 4.69) is 30.6 Å². The first kappa shape index (κ1) is 17.2. The highest BCUT2D eigenvalue weighted by molar-refractivity contribution is 4.89. The topological polar surface area (TPSA) is 52.7 Å². The molecule has 2 fully saturated rings. The van der Waals surface area contributed by atoms with Gasteiger partial charge in [-0.1, -0.05) is 20.8 Å². The third kappa shape index (κ3) is 4.92. The molecule has 2 rings (SSSR count). The second kappa shape index (κ2) is 7.40. The van der Waals surface area contributed by atoms with Crippen molar-refractivity contribution in [1.82, 2.24) is 9.80 Å². The zero-order valence-corrected chi connectivity index (χ0v) is 14.2. The van der Waals surface area contributed by atoms with E-state index in [4.69, 9.17) is 10.8 Å². The molecule has 2 aliphatic rings. The van der Waals surface area contributed by atoms with Crippen molar-refractivity contribution in [2.45, 2.75) is 46.1 Å². The quantitative estimate of drug-likeness (QED) is 0.823. The van der Waals surface area contributed by atoms with E-state index in [1.54, 1.807) is 0 Å². The van der Waals surface area contributed by atoms with Gasteiger partial charge in [0, 0.05) is 45.3 Å². The number of hydrogen-bond donors (Lipinski definition) is 2. The minimum absolute atomic E-state index is 0.279. The van der Waals surface area contributed by atoms with Crippen LogP contribution in [0.15, 0.2) is 0 Å². The van der Waals surface area contributed by atoms with Crippen molar-refractivity contribution in [2.75, 3.05) is 45.9 Å². The molecule has 0 bridgehead atoms. The molecule has 0 aromatic rings. The molecule has 4 nitrogen and oxygen atoms in total. The molecule has 3 atom stereocenters. The third-order valence-corrected chi connectivity index (χ3v) is 5.64. The fraction of sp³-hybridized carbons (Fsp3) is 1.00. The molecule has 21 heavy (non-hydrogen) atoms. The summed E-state index contributed by atoms with van der Waals surface area (Å²) in [5.74, 6) is 1.48. The molecule has 0 aromatic heterocycles. The summed E-state index contributed by atoms with van der Waals surface area (Å²) in [5.41, 5.74) is 6.82. The van der Waals surface area contributed by atoms with Crippen molar-refractivity contribution in [3.8, 4) is 0 Å². The van der Waals surface area contributed by atoms with Gasteiger partial charge in [0.2, 0.25) is 0 Å². The van der Waals surface area contributed by atoms with Gasteiger partial charge in [0.15, 0.2) is 0 Å². The van der Waals surface area contributed by atoms with E-state index in [9.17, 15) is 0 Å². The lowest BCUT2D eigenvalue weighted by Gasteiger charge is -2.43. The van der Waals surface area contributed by atoms with Gasteiger partial charge in [-0.2, -0.15) is 0 Å². The Morgan fingerprint density at radius 1 is 1.05 bits per heavy atom. The highest BCUT2D eigenvalue weighted by Crippen LogP contribution is 2.40. The molecule has 1 aliphatic carbocycles. The van der Waals surface area contributed by atoms with Crippen LogP contribution in [0.25, 0.3) is 0 Å². The Kier molecular flexibility index (Phi) is 6.06. The maximum Gasteiger partial charge on any atom is 0.0558 e. The summed E-state index contributed by atoms with van der Waals surface area (Å²) in [4.78, 5) is 4.94. The van der Waals surface area contributed by atoms with Crippen molar-refractivity contribution < 1.29 is 5.11 Å². The van der Waals surface area contributed by atoms with Gasteiger partial charge in [-0.3, -0.25) is 4.90 Å². The molecular formula is C17H35N3O. The lowest BCUT2D eigenvalue weighted by atomic mass is 9.67. The maximum absolute atomic E-state index is 9.01. The smallest absolute Gasteiger partial charge is 0.0558 e. The summed E-state index contributed by atoms with van der Waals surface area (Å²) in [7, 11) is 0. The van der Waals surface area contributed by atoms with Gasteiger partial charge < -0.3 is 15.7 Å². The standard InChI is InChI=1S/C17H35N3O/c1-17(2,3)15-4-5-16(18)14(12-15)13-20-8-6-19(7-9-20)10-11-21/h14-16,21H,4-13,18H2,1-3H3. The Morgan fingerprint density at radius 3 is 2.24 bits per heavy atom. The number of hydrogen-bond acceptors (Lipinski definition) is 4. The van der Waals surface area contributed by atoms with Gasteiger partial charge in [0.25, 0.3) is 0 Å². The zero-order valence-electron chi connectivity index (χ0n) is 14.2. The van der Waals surface area contributed by atoms with Crippen LogP contribution < -0.4 is 5.73 Å². The normalized spacial score (nSPS) is 33.3. The Balaban J connectivity index is 1.81. The largest absolute Gasteiger partial charge is 0.395 e. The number of nitrogens with two attached hydrogens (primary N) is 1. The highest BCUT2D eigenvalue weighted by atomic mass is 16.3. The maximum atomic E-state index is 9.01. The Bertz CT molecular complexity index is 308. The summed E-state index contributed by atoms with van der Waals surface area (Å²) < 4.78 is 0. The Labute approximate surface area is 130 Å². The lowest BCUT2D eigenvalue weighted by Crippen LogP contribution is -2.51. The number of rotatable bonds is 4. The molecule has 0 radical (unpaired) electrons. The minimum Gasteiger partial charge on any atom is -0.395 e. The Morgan fingerprint density at radius 2 is 1.67 bits per heavy atom. The average molecular weight is 297 g/mol. The van der Waals surface area contributed by atoms with Gasteiger partial charge in [0.05, 0.1) is 6.61 Å². The van der Waals surface area contributed by atoms with Crippen LogP contribution in [0, 0.1) is 17.3 Å². The molecule has 0 aromatic carbocycles. The molecule has 1 saturated carbocycles. The van der Waals surface area contributed by atoms with Gasteiger partial charge in [-0.25, -0.2) is 0 Å². The van der Waals surface area contributed by atoms with E-state index in [1.807, 2.05) is 0 Å². The molecular weight excluding hydrogens is 262 g/mol. The molecule has 1 heterocycles. The number of piperazine rings is 1. The van der Waals surface area contributed by atoms with Crippen LogP contribution in [-0.4, -0.2) is 66.8 Å². The van der Waals surface area contributed by atoms with Crippen LogP contribution in [0.5, 0.6) is 0 Å². The van der Waals surface area contributed by atoms with E-state index < -0.39 is 0 Å². The molecule has 3 N–H and O–H groups in total.